The van der Waals surface area contributed by atoms with Crippen molar-refractivity contribution in [1.82, 2.24) is 0 Å². The number of benzene rings is 1. The van der Waals surface area contributed by atoms with Gasteiger partial charge in [0.1, 0.15) is 0 Å². The van der Waals surface area contributed by atoms with Gasteiger partial charge in [0.2, 0.25) is 5.91 Å². The lowest BCUT2D eigenvalue weighted by molar-refractivity contribution is 0.0997. The predicted molar refractivity (Wildman–Crippen MR) is 62.0 cm³/mol. The van der Waals surface area contributed by atoms with Gasteiger partial charge in [0.25, 0.3) is 0 Å². The highest BCUT2D eigenvalue weighted by molar-refractivity contribution is 7.99. The van der Waals surface area contributed by atoms with E-state index in [0.29, 0.717) is 17.9 Å². The summed E-state index contributed by atoms with van der Waals surface area (Å²) in [5.41, 5.74) is 11.8. The third-order valence-corrected chi connectivity index (χ3v) is 2.85. The minimum Gasteiger partial charge on any atom is -0.399 e. The zero-order valence-electron chi connectivity index (χ0n) is 8.53. The minimum atomic E-state index is -0.456. The van der Waals surface area contributed by atoms with E-state index in [1.807, 2.05) is 0 Å². The van der Waals surface area contributed by atoms with Crippen molar-refractivity contribution in [1.29, 1.82) is 0 Å². The quantitative estimate of drug-likeness (QED) is 0.448. The van der Waals surface area contributed by atoms with Crippen molar-refractivity contribution in [2.24, 2.45) is 5.73 Å². The van der Waals surface area contributed by atoms with Gasteiger partial charge < -0.3 is 16.2 Å². The fourth-order valence-electron chi connectivity index (χ4n) is 1.10. The maximum Gasteiger partial charge on any atom is 0.249 e. The molecule has 0 heterocycles. The van der Waals surface area contributed by atoms with Crippen LogP contribution in [-0.4, -0.2) is 25.4 Å². The highest BCUT2D eigenvalue weighted by atomic mass is 32.2. The maximum absolute atomic E-state index is 11.1. The van der Waals surface area contributed by atoms with Crippen LogP contribution >= 0.6 is 11.8 Å². The van der Waals surface area contributed by atoms with Crippen LogP contribution in [0.2, 0.25) is 0 Å². The summed E-state index contributed by atoms with van der Waals surface area (Å²) in [6.07, 6.45) is 0. The zero-order valence-corrected chi connectivity index (χ0v) is 9.34. The monoisotopic (exact) mass is 226 g/mol. The molecule has 0 spiro atoms. The lowest BCUT2D eigenvalue weighted by atomic mass is 10.2. The van der Waals surface area contributed by atoms with Gasteiger partial charge in [-0.15, -0.1) is 11.8 Å². The van der Waals surface area contributed by atoms with Crippen molar-refractivity contribution >= 4 is 23.4 Å². The second-order valence-electron chi connectivity index (χ2n) is 2.96. The molecule has 0 aliphatic carbocycles. The number of primary amides is 1. The van der Waals surface area contributed by atoms with Crippen molar-refractivity contribution in [2.45, 2.75) is 4.90 Å². The molecule has 1 aromatic carbocycles. The van der Waals surface area contributed by atoms with E-state index in [9.17, 15) is 4.79 Å². The van der Waals surface area contributed by atoms with Crippen molar-refractivity contribution in [3.05, 3.63) is 23.8 Å². The highest BCUT2D eigenvalue weighted by Gasteiger charge is 2.08. The van der Waals surface area contributed by atoms with Crippen LogP contribution in [0, 0.1) is 0 Å². The summed E-state index contributed by atoms with van der Waals surface area (Å²) in [5.74, 6) is 0.322. The lowest BCUT2D eigenvalue weighted by Gasteiger charge is -2.06. The number of rotatable bonds is 5. The molecular weight excluding hydrogens is 212 g/mol. The molecule has 0 saturated carbocycles. The summed E-state index contributed by atoms with van der Waals surface area (Å²) in [5, 5.41) is 0. The van der Waals surface area contributed by atoms with Gasteiger partial charge in [-0.05, 0) is 18.2 Å². The van der Waals surface area contributed by atoms with E-state index in [-0.39, 0.29) is 0 Å². The standard InChI is InChI=1S/C10H14N2O2S/c1-14-4-5-15-9-3-2-7(11)6-8(9)10(12)13/h2-3,6H,4-5,11H2,1H3,(H2,12,13). The highest BCUT2D eigenvalue weighted by Crippen LogP contribution is 2.24. The third-order valence-electron chi connectivity index (χ3n) is 1.81. The molecule has 0 atom stereocenters. The van der Waals surface area contributed by atoms with Gasteiger partial charge in [-0.25, -0.2) is 0 Å². The second kappa shape index (κ2) is 5.63. The van der Waals surface area contributed by atoms with Crippen molar-refractivity contribution in [3.63, 3.8) is 0 Å². The fourth-order valence-corrected chi connectivity index (χ4v) is 2.05. The second-order valence-corrected chi connectivity index (χ2v) is 4.10. The van der Waals surface area contributed by atoms with Crippen LogP contribution in [0.25, 0.3) is 0 Å². The number of hydrogen-bond donors (Lipinski definition) is 2. The minimum absolute atomic E-state index is 0.456. The molecule has 15 heavy (non-hydrogen) atoms. The molecule has 0 saturated heterocycles. The predicted octanol–water partition coefficient (Wildman–Crippen LogP) is 1.11. The number of anilines is 1. The number of nitrogen functional groups attached to an aromatic ring is 1. The molecule has 0 radical (unpaired) electrons. The van der Waals surface area contributed by atoms with E-state index >= 15 is 0 Å². The Bertz CT molecular complexity index is 355. The van der Waals surface area contributed by atoms with Crippen LogP contribution in [0.3, 0.4) is 0 Å². The number of ether oxygens (including phenoxy) is 1. The van der Waals surface area contributed by atoms with Gasteiger partial charge in [0, 0.05) is 23.4 Å². The largest absolute Gasteiger partial charge is 0.399 e. The van der Waals surface area contributed by atoms with Crippen LogP contribution in [0.15, 0.2) is 23.1 Å². The number of thioether (sulfide) groups is 1. The van der Waals surface area contributed by atoms with Crippen molar-refractivity contribution in [3.8, 4) is 0 Å². The molecule has 0 fully saturated rings. The summed E-state index contributed by atoms with van der Waals surface area (Å²) in [6.45, 7) is 0.632. The third kappa shape index (κ3) is 3.45. The molecule has 0 aliphatic heterocycles. The van der Waals surface area contributed by atoms with E-state index < -0.39 is 5.91 Å². The van der Waals surface area contributed by atoms with Gasteiger partial charge in [0.15, 0.2) is 0 Å². The Morgan fingerprint density at radius 3 is 2.87 bits per heavy atom. The van der Waals surface area contributed by atoms with Crippen LogP contribution in [-0.2, 0) is 4.74 Å². The molecule has 0 unspecified atom stereocenters. The average Bonchev–Trinajstić information content (AvgIpc) is 2.20. The Kier molecular flexibility index (Phi) is 4.45. The molecule has 0 aliphatic rings. The molecule has 0 aromatic heterocycles. The number of hydrogen-bond acceptors (Lipinski definition) is 4. The Labute approximate surface area is 93.0 Å². The molecule has 82 valence electrons. The number of nitrogens with two attached hydrogens (primary N) is 2. The van der Waals surface area contributed by atoms with E-state index in [4.69, 9.17) is 16.2 Å². The van der Waals surface area contributed by atoms with Crippen LogP contribution < -0.4 is 11.5 Å². The SMILES string of the molecule is COCCSc1ccc(N)cc1C(N)=O. The normalized spacial score (nSPS) is 10.2. The summed E-state index contributed by atoms with van der Waals surface area (Å²) in [7, 11) is 1.64. The van der Waals surface area contributed by atoms with E-state index in [1.165, 1.54) is 11.8 Å². The first-order valence-electron chi connectivity index (χ1n) is 4.46. The Balaban J connectivity index is 2.81. The first-order valence-corrected chi connectivity index (χ1v) is 5.44. The molecule has 4 nitrogen and oxygen atoms in total. The van der Waals surface area contributed by atoms with Gasteiger partial charge in [-0.3, -0.25) is 4.79 Å². The van der Waals surface area contributed by atoms with Crippen LogP contribution in [0.1, 0.15) is 10.4 Å². The number of amides is 1. The molecule has 4 N–H and O–H groups in total. The van der Waals surface area contributed by atoms with E-state index in [0.717, 1.165) is 10.6 Å². The Morgan fingerprint density at radius 2 is 2.27 bits per heavy atom. The fraction of sp³-hybridized carbons (Fsp3) is 0.300. The van der Waals surface area contributed by atoms with E-state index in [2.05, 4.69) is 0 Å². The molecule has 5 heteroatoms. The van der Waals surface area contributed by atoms with Gasteiger partial charge in [0.05, 0.1) is 12.2 Å². The molecular formula is C10H14N2O2S. The van der Waals surface area contributed by atoms with Crippen molar-refractivity contribution < 1.29 is 9.53 Å². The number of carbonyl (C=O) groups is 1. The molecule has 1 aromatic rings. The van der Waals surface area contributed by atoms with Crippen LogP contribution in [0.5, 0.6) is 0 Å². The number of methoxy groups -OCH3 is 1. The zero-order chi connectivity index (χ0) is 11.3. The first-order chi connectivity index (χ1) is 7.15. The summed E-state index contributed by atoms with van der Waals surface area (Å²) in [4.78, 5) is 12.0. The molecule has 1 rings (SSSR count). The Morgan fingerprint density at radius 1 is 1.53 bits per heavy atom. The average molecular weight is 226 g/mol. The van der Waals surface area contributed by atoms with Crippen LogP contribution in [0.4, 0.5) is 5.69 Å². The van der Waals surface area contributed by atoms with Gasteiger partial charge in [-0.1, -0.05) is 0 Å². The Hall–Kier alpha value is -1.20. The smallest absolute Gasteiger partial charge is 0.249 e. The first kappa shape index (κ1) is 11.9. The summed E-state index contributed by atoms with van der Waals surface area (Å²) < 4.78 is 4.93. The molecule has 0 bridgehead atoms. The topological polar surface area (TPSA) is 78.3 Å². The molecule has 1 amide bonds. The van der Waals surface area contributed by atoms with Gasteiger partial charge >= 0.3 is 0 Å². The van der Waals surface area contributed by atoms with Gasteiger partial charge in [-0.2, -0.15) is 0 Å². The van der Waals surface area contributed by atoms with E-state index in [1.54, 1.807) is 25.3 Å². The lowest BCUT2D eigenvalue weighted by Crippen LogP contribution is -2.12. The van der Waals surface area contributed by atoms with Crippen molar-refractivity contribution in [2.75, 3.05) is 25.2 Å². The maximum atomic E-state index is 11.1. The summed E-state index contributed by atoms with van der Waals surface area (Å²) in [6, 6.07) is 5.15. The number of carbonyl (C=O) groups excluding carboxylic acids is 1. The summed E-state index contributed by atoms with van der Waals surface area (Å²) >= 11 is 1.53.